The summed E-state index contributed by atoms with van der Waals surface area (Å²) in [6.45, 7) is 0. The van der Waals surface area contributed by atoms with Gasteiger partial charge in [-0.05, 0) is 24.3 Å². The number of carbonyl (C=O) groups is 1. The molecule has 0 bridgehead atoms. The summed E-state index contributed by atoms with van der Waals surface area (Å²) < 4.78 is 0. The van der Waals surface area contributed by atoms with Crippen LogP contribution >= 0.6 is 12.4 Å². The Kier molecular flexibility index (Phi) is 5.09. The molecular formula is C8H10ClN3O2. The molecule has 1 aromatic carbocycles. The highest BCUT2D eigenvalue weighted by atomic mass is 35.5. The number of anilines is 1. The largest absolute Gasteiger partial charge is 0.478 e. The van der Waals surface area contributed by atoms with E-state index in [2.05, 4.69) is 10.4 Å². The number of carboxylic acids is 1. The Hall–Kier alpha value is -1.75. The zero-order valence-corrected chi connectivity index (χ0v) is 7.99. The van der Waals surface area contributed by atoms with E-state index in [0.717, 1.165) is 5.69 Å². The Morgan fingerprint density at radius 2 is 2.00 bits per heavy atom. The van der Waals surface area contributed by atoms with Crippen molar-refractivity contribution in [1.82, 2.24) is 0 Å². The maximum Gasteiger partial charge on any atom is 0.335 e. The maximum atomic E-state index is 10.5. The summed E-state index contributed by atoms with van der Waals surface area (Å²) >= 11 is 0. The van der Waals surface area contributed by atoms with E-state index in [1.807, 2.05) is 0 Å². The number of carboxylic acid groups (broad SMARTS) is 1. The number of aromatic carboxylic acids is 1. The van der Waals surface area contributed by atoms with E-state index in [1.54, 1.807) is 12.1 Å². The van der Waals surface area contributed by atoms with Crippen molar-refractivity contribution in [2.45, 2.75) is 0 Å². The molecule has 0 aliphatic rings. The molecular weight excluding hydrogens is 206 g/mol. The van der Waals surface area contributed by atoms with Crippen LogP contribution < -0.4 is 11.2 Å². The molecule has 1 rings (SSSR count). The molecule has 76 valence electrons. The number of nitrogens with one attached hydrogen (secondary N) is 1. The fraction of sp³-hybridized carbons (Fsp3) is 0. The Morgan fingerprint density at radius 1 is 1.43 bits per heavy atom. The van der Waals surface area contributed by atoms with Gasteiger partial charge in [0.1, 0.15) is 6.34 Å². The molecule has 0 aromatic heterocycles. The van der Waals surface area contributed by atoms with E-state index in [0.29, 0.717) is 0 Å². The number of rotatable bonds is 3. The minimum absolute atomic E-state index is 0. The number of hydrazone groups is 1. The third-order valence-corrected chi connectivity index (χ3v) is 1.44. The van der Waals surface area contributed by atoms with E-state index < -0.39 is 5.97 Å². The van der Waals surface area contributed by atoms with Crippen molar-refractivity contribution in [3.05, 3.63) is 29.8 Å². The molecule has 5 nitrogen and oxygen atoms in total. The van der Waals surface area contributed by atoms with Crippen LogP contribution in [-0.4, -0.2) is 17.4 Å². The predicted molar refractivity (Wildman–Crippen MR) is 57.0 cm³/mol. The molecule has 0 atom stereocenters. The third-order valence-electron chi connectivity index (χ3n) is 1.44. The molecule has 0 fully saturated rings. The second-order valence-electron chi connectivity index (χ2n) is 2.31. The minimum Gasteiger partial charge on any atom is -0.478 e. The molecule has 0 saturated carbocycles. The van der Waals surface area contributed by atoms with Crippen LogP contribution in [0.25, 0.3) is 0 Å². The van der Waals surface area contributed by atoms with Crippen molar-refractivity contribution in [3.63, 3.8) is 0 Å². The number of hydrogen-bond donors (Lipinski definition) is 3. The molecule has 0 aliphatic heterocycles. The maximum absolute atomic E-state index is 10.5. The Bertz CT molecular complexity index is 324. The summed E-state index contributed by atoms with van der Waals surface area (Å²) in [5.41, 5.74) is 0.981. The zero-order valence-electron chi connectivity index (χ0n) is 7.18. The smallest absolute Gasteiger partial charge is 0.335 e. The van der Waals surface area contributed by atoms with Gasteiger partial charge < -0.3 is 16.3 Å². The quantitative estimate of drug-likeness (QED) is 0.305. The predicted octanol–water partition coefficient (Wildman–Crippen LogP) is 1.12. The molecule has 0 spiro atoms. The van der Waals surface area contributed by atoms with Gasteiger partial charge in [-0.25, -0.2) is 4.79 Å². The van der Waals surface area contributed by atoms with Crippen molar-refractivity contribution in [3.8, 4) is 0 Å². The summed E-state index contributed by atoms with van der Waals surface area (Å²) in [6, 6.07) is 6.25. The SMILES string of the molecule is Cl.N/N=C\Nc1ccc(C(=O)O)cc1. The lowest BCUT2D eigenvalue weighted by molar-refractivity contribution is 0.0697. The average molecular weight is 216 g/mol. The van der Waals surface area contributed by atoms with E-state index >= 15 is 0 Å². The Morgan fingerprint density at radius 3 is 2.43 bits per heavy atom. The molecule has 0 radical (unpaired) electrons. The van der Waals surface area contributed by atoms with Crippen molar-refractivity contribution < 1.29 is 9.90 Å². The van der Waals surface area contributed by atoms with Crippen LogP contribution in [0.3, 0.4) is 0 Å². The first-order valence-corrected chi connectivity index (χ1v) is 3.55. The monoisotopic (exact) mass is 215 g/mol. The van der Waals surface area contributed by atoms with Gasteiger partial charge in [-0.15, -0.1) is 12.4 Å². The summed E-state index contributed by atoms with van der Waals surface area (Å²) in [6.07, 6.45) is 1.32. The van der Waals surface area contributed by atoms with Gasteiger partial charge >= 0.3 is 5.97 Å². The van der Waals surface area contributed by atoms with E-state index in [1.165, 1.54) is 18.5 Å². The fourth-order valence-electron chi connectivity index (χ4n) is 0.821. The minimum atomic E-state index is -0.945. The van der Waals surface area contributed by atoms with Crippen LogP contribution in [0, 0.1) is 0 Å². The van der Waals surface area contributed by atoms with Crippen LogP contribution in [0.1, 0.15) is 10.4 Å². The standard InChI is InChI=1S/C8H9N3O2.ClH/c9-11-5-10-7-3-1-6(2-4-7)8(12)13;/h1-5H,9H2,(H,10,11)(H,12,13);1H. The van der Waals surface area contributed by atoms with Crippen molar-refractivity contribution >= 4 is 30.4 Å². The number of nitrogens with two attached hydrogens (primary N) is 1. The average Bonchev–Trinajstić information content (AvgIpc) is 2.15. The molecule has 14 heavy (non-hydrogen) atoms. The number of benzene rings is 1. The molecule has 0 aliphatic carbocycles. The highest BCUT2D eigenvalue weighted by Gasteiger charge is 2.00. The lowest BCUT2D eigenvalue weighted by Gasteiger charge is -1.99. The highest BCUT2D eigenvalue weighted by Crippen LogP contribution is 2.08. The topological polar surface area (TPSA) is 87.7 Å². The van der Waals surface area contributed by atoms with E-state index in [-0.39, 0.29) is 18.0 Å². The second-order valence-corrected chi connectivity index (χ2v) is 2.31. The first kappa shape index (κ1) is 12.2. The molecule has 0 unspecified atom stereocenters. The van der Waals surface area contributed by atoms with Crippen LogP contribution in [0.15, 0.2) is 29.4 Å². The van der Waals surface area contributed by atoms with Gasteiger partial charge in [0, 0.05) is 5.69 Å². The highest BCUT2D eigenvalue weighted by molar-refractivity contribution is 5.88. The molecule has 6 heteroatoms. The van der Waals surface area contributed by atoms with Crippen LogP contribution in [-0.2, 0) is 0 Å². The second kappa shape index (κ2) is 5.82. The lowest BCUT2D eigenvalue weighted by Crippen LogP contribution is -1.99. The Labute approximate surface area is 87.0 Å². The normalized spacial score (nSPS) is 9.43. The van der Waals surface area contributed by atoms with Gasteiger partial charge in [0.15, 0.2) is 0 Å². The van der Waals surface area contributed by atoms with Gasteiger partial charge in [-0.3, -0.25) is 0 Å². The van der Waals surface area contributed by atoms with Crippen LogP contribution in [0.5, 0.6) is 0 Å². The fourth-order valence-corrected chi connectivity index (χ4v) is 0.821. The summed E-state index contributed by atoms with van der Waals surface area (Å²) in [5.74, 6) is 3.92. The number of halogens is 1. The van der Waals surface area contributed by atoms with Crippen LogP contribution in [0.4, 0.5) is 5.69 Å². The first-order valence-electron chi connectivity index (χ1n) is 3.55. The molecule has 0 saturated heterocycles. The van der Waals surface area contributed by atoms with E-state index in [9.17, 15) is 4.79 Å². The molecule has 1 aromatic rings. The number of nitrogens with zero attached hydrogens (tertiary/aromatic N) is 1. The molecule has 0 amide bonds. The molecule has 4 N–H and O–H groups in total. The Balaban J connectivity index is 0.00000169. The van der Waals surface area contributed by atoms with Gasteiger partial charge in [0.25, 0.3) is 0 Å². The van der Waals surface area contributed by atoms with Gasteiger partial charge in [0.05, 0.1) is 5.56 Å². The van der Waals surface area contributed by atoms with Gasteiger partial charge in [0.2, 0.25) is 0 Å². The van der Waals surface area contributed by atoms with Crippen molar-refractivity contribution in [1.29, 1.82) is 0 Å². The van der Waals surface area contributed by atoms with Crippen molar-refractivity contribution in [2.75, 3.05) is 5.32 Å². The first-order chi connectivity index (χ1) is 6.24. The van der Waals surface area contributed by atoms with Gasteiger partial charge in [-0.1, -0.05) is 0 Å². The van der Waals surface area contributed by atoms with E-state index in [4.69, 9.17) is 10.9 Å². The zero-order chi connectivity index (χ0) is 9.68. The summed E-state index contributed by atoms with van der Waals surface area (Å²) in [7, 11) is 0. The van der Waals surface area contributed by atoms with Crippen molar-refractivity contribution in [2.24, 2.45) is 10.9 Å². The van der Waals surface area contributed by atoms with Crippen LogP contribution in [0.2, 0.25) is 0 Å². The summed E-state index contributed by atoms with van der Waals surface area (Å²) in [5, 5.41) is 14.6. The third kappa shape index (κ3) is 3.32. The summed E-state index contributed by atoms with van der Waals surface area (Å²) in [4.78, 5) is 10.5. The lowest BCUT2D eigenvalue weighted by atomic mass is 10.2. The molecule has 0 heterocycles. The van der Waals surface area contributed by atoms with Gasteiger partial charge in [-0.2, -0.15) is 5.10 Å². The number of hydrogen-bond acceptors (Lipinski definition) is 3.